The molecule has 0 saturated carbocycles. The Labute approximate surface area is 121 Å². The standard InChI is InChI=1S/C18H24N2/c1-14(2)9-12-20-13-17(15-7-10-19-11-8-15)16-5-3-4-6-18(16)20/h3-7,13-14,19H,8-12H2,1-2H3. The van der Waals surface area contributed by atoms with Crippen LogP contribution in [-0.2, 0) is 6.54 Å². The molecule has 3 rings (SSSR count). The molecule has 1 aliphatic heterocycles. The van der Waals surface area contributed by atoms with E-state index in [1.807, 2.05) is 0 Å². The lowest BCUT2D eigenvalue weighted by Crippen LogP contribution is -2.19. The van der Waals surface area contributed by atoms with Crippen LogP contribution in [0.25, 0.3) is 16.5 Å². The summed E-state index contributed by atoms with van der Waals surface area (Å²) in [5.74, 6) is 0.748. The fourth-order valence-electron chi connectivity index (χ4n) is 2.95. The lowest BCUT2D eigenvalue weighted by atomic mass is 10.00. The summed E-state index contributed by atoms with van der Waals surface area (Å²) in [6.07, 6.45) is 7.08. The predicted octanol–water partition coefficient (Wildman–Crippen LogP) is 4.06. The zero-order valence-electron chi connectivity index (χ0n) is 12.5. The van der Waals surface area contributed by atoms with Gasteiger partial charge in [-0.25, -0.2) is 0 Å². The maximum atomic E-state index is 3.40. The van der Waals surface area contributed by atoms with Crippen molar-refractivity contribution in [1.29, 1.82) is 0 Å². The smallest absolute Gasteiger partial charge is 0.0486 e. The molecule has 20 heavy (non-hydrogen) atoms. The third-order valence-corrected chi connectivity index (χ3v) is 4.15. The Kier molecular flexibility index (Phi) is 3.93. The number of hydrogen-bond acceptors (Lipinski definition) is 1. The maximum absolute atomic E-state index is 3.40. The van der Waals surface area contributed by atoms with Gasteiger partial charge >= 0.3 is 0 Å². The van der Waals surface area contributed by atoms with Crippen LogP contribution in [-0.4, -0.2) is 17.7 Å². The first-order valence-corrected chi connectivity index (χ1v) is 7.73. The Morgan fingerprint density at radius 1 is 1.25 bits per heavy atom. The fourth-order valence-corrected chi connectivity index (χ4v) is 2.95. The van der Waals surface area contributed by atoms with Crippen LogP contribution in [0.1, 0.15) is 32.3 Å². The van der Waals surface area contributed by atoms with Gasteiger partial charge in [0.1, 0.15) is 0 Å². The molecule has 0 aliphatic carbocycles. The number of fused-ring (bicyclic) bond motifs is 1. The van der Waals surface area contributed by atoms with E-state index in [1.165, 1.54) is 28.5 Å². The summed E-state index contributed by atoms with van der Waals surface area (Å²) in [6.45, 7) is 7.80. The van der Waals surface area contributed by atoms with Crippen molar-refractivity contribution < 1.29 is 0 Å². The Morgan fingerprint density at radius 3 is 2.85 bits per heavy atom. The van der Waals surface area contributed by atoms with Gasteiger partial charge in [-0.3, -0.25) is 0 Å². The topological polar surface area (TPSA) is 17.0 Å². The molecular formula is C18H24N2. The van der Waals surface area contributed by atoms with Crippen LogP contribution in [0, 0.1) is 5.92 Å². The Balaban J connectivity index is 2.01. The number of nitrogens with one attached hydrogen (secondary N) is 1. The molecule has 0 spiro atoms. The van der Waals surface area contributed by atoms with E-state index in [0.717, 1.165) is 32.0 Å². The number of hydrogen-bond donors (Lipinski definition) is 1. The Morgan fingerprint density at radius 2 is 2.10 bits per heavy atom. The number of benzene rings is 1. The van der Waals surface area contributed by atoms with Crippen LogP contribution in [0.4, 0.5) is 0 Å². The monoisotopic (exact) mass is 268 g/mol. The molecule has 1 aromatic heterocycles. The van der Waals surface area contributed by atoms with Gasteiger partial charge in [-0.05, 0) is 36.9 Å². The second kappa shape index (κ2) is 5.84. The molecule has 0 radical (unpaired) electrons. The molecule has 0 amide bonds. The molecule has 2 heterocycles. The zero-order chi connectivity index (χ0) is 13.9. The van der Waals surface area contributed by atoms with Gasteiger partial charge in [0.2, 0.25) is 0 Å². The van der Waals surface area contributed by atoms with Crippen molar-refractivity contribution in [3.8, 4) is 0 Å². The molecule has 1 N–H and O–H groups in total. The minimum Gasteiger partial charge on any atom is -0.347 e. The van der Waals surface area contributed by atoms with E-state index in [-0.39, 0.29) is 0 Å². The molecule has 0 saturated heterocycles. The minimum atomic E-state index is 0.748. The number of para-hydroxylation sites is 1. The van der Waals surface area contributed by atoms with E-state index >= 15 is 0 Å². The average Bonchev–Trinajstić information content (AvgIpc) is 2.85. The van der Waals surface area contributed by atoms with Crippen molar-refractivity contribution in [2.24, 2.45) is 5.92 Å². The third kappa shape index (κ3) is 2.66. The summed E-state index contributed by atoms with van der Waals surface area (Å²) < 4.78 is 2.44. The van der Waals surface area contributed by atoms with Crippen molar-refractivity contribution in [1.82, 2.24) is 9.88 Å². The molecule has 2 heteroatoms. The normalized spacial score (nSPS) is 15.8. The molecule has 1 aromatic carbocycles. The van der Waals surface area contributed by atoms with Gasteiger partial charge in [0.05, 0.1) is 0 Å². The Hall–Kier alpha value is -1.54. The Bertz CT molecular complexity index is 619. The first-order valence-electron chi connectivity index (χ1n) is 7.73. The fraction of sp³-hybridized carbons (Fsp3) is 0.444. The SMILES string of the molecule is CC(C)CCn1cc(C2=CCNCC2)c2ccccc21. The second-order valence-electron chi connectivity index (χ2n) is 6.12. The van der Waals surface area contributed by atoms with Crippen molar-refractivity contribution in [2.75, 3.05) is 13.1 Å². The van der Waals surface area contributed by atoms with Gasteiger partial charge in [0.25, 0.3) is 0 Å². The number of aromatic nitrogens is 1. The van der Waals surface area contributed by atoms with E-state index in [4.69, 9.17) is 0 Å². The van der Waals surface area contributed by atoms with Crippen molar-refractivity contribution in [3.63, 3.8) is 0 Å². The van der Waals surface area contributed by atoms with Crippen LogP contribution in [0.3, 0.4) is 0 Å². The molecule has 0 atom stereocenters. The van der Waals surface area contributed by atoms with E-state index < -0.39 is 0 Å². The predicted molar refractivity (Wildman–Crippen MR) is 86.9 cm³/mol. The summed E-state index contributed by atoms with van der Waals surface area (Å²) in [5, 5.41) is 4.80. The largest absolute Gasteiger partial charge is 0.347 e. The van der Waals surface area contributed by atoms with E-state index in [1.54, 1.807) is 0 Å². The van der Waals surface area contributed by atoms with Crippen LogP contribution in [0.2, 0.25) is 0 Å². The van der Waals surface area contributed by atoms with E-state index in [2.05, 4.69) is 60.3 Å². The van der Waals surface area contributed by atoms with Crippen LogP contribution in [0.5, 0.6) is 0 Å². The van der Waals surface area contributed by atoms with Gasteiger partial charge in [-0.1, -0.05) is 38.1 Å². The molecule has 2 nitrogen and oxygen atoms in total. The summed E-state index contributed by atoms with van der Waals surface area (Å²) in [5.41, 5.74) is 4.32. The quantitative estimate of drug-likeness (QED) is 0.884. The minimum absolute atomic E-state index is 0.748. The van der Waals surface area contributed by atoms with Crippen molar-refractivity contribution in [3.05, 3.63) is 42.1 Å². The van der Waals surface area contributed by atoms with Crippen LogP contribution in [0.15, 0.2) is 36.5 Å². The van der Waals surface area contributed by atoms with Crippen molar-refractivity contribution in [2.45, 2.75) is 33.2 Å². The molecular weight excluding hydrogens is 244 g/mol. The molecule has 0 fully saturated rings. The average molecular weight is 268 g/mol. The highest BCUT2D eigenvalue weighted by atomic mass is 15.0. The zero-order valence-corrected chi connectivity index (χ0v) is 12.5. The summed E-state index contributed by atoms with van der Waals surface area (Å²) in [4.78, 5) is 0. The van der Waals surface area contributed by atoms with Crippen LogP contribution < -0.4 is 5.32 Å². The number of rotatable bonds is 4. The summed E-state index contributed by atoms with van der Waals surface area (Å²) in [6, 6.07) is 8.81. The lowest BCUT2D eigenvalue weighted by molar-refractivity contribution is 0.524. The molecule has 1 aliphatic rings. The first kappa shape index (κ1) is 13.4. The maximum Gasteiger partial charge on any atom is 0.0486 e. The molecule has 106 valence electrons. The summed E-state index contributed by atoms with van der Waals surface area (Å²) >= 11 is 0. The van der Waals surface area contributed by atoms with Gasteiger partial charge < -0.3 is 9.88 Å². The highest BCUT2D eigenvalue weighted by molar-refractivity contribution is 5.93. The molecule has 0 unspecified atom stereocenters. The van der Waals surface area contributed by atoms with Gasteiger partial charge in [0.15, 0.2) is 0 Å². The van der Waals surface area contributed by atoms with Crippen molar-refractivity contribution >= 4 is 16.5 Å². The highest BCUT2D eigenvalue weighted by Crippen LogP contribution is 2.30. The highest BCUT2D eigenvalue weighted by Gasteiger charge is 2.13. The third-order valence-electron chi connectivity index (χ3n) is 4.15. The number of nitrogens with zero attached hydrogens (tertiary/aromatic N) is 1. The first-order chi connectivity index (χ1) is 9.75. The summed E-state index contributed by atoms with van der Waals surface area (Å²) in [7, 11) is 0. The van der Waals surface area contributed by atoms with Gasteiger partial charge in [-0.2, -0.15) is 0 Å². The van der Waals surface area contributed by atoms with Crippen LogP contribution >= 0.6 is 0 Å². The number of aryl methyl sites for hydroxylation is 1. The molecule has 2 aromatic rings. The van der Waals surface area contributed by atoms with Gasteiger partial charge in [-0.15, -0.1) is 0 Å². The lowest BCUT2D eigenvalue weighted by Gasteiger charge is -2.13. The van der Waals surface area contributed by atoms with E-state index in [0.29, 0.717) is 0 Å². The second-order valence-corrected chi connectivity index (χ2v) is 6.12. The van der Waals surface area contributed by atoms with Gasteiger partial charge in [0, 0.05) is 35.8 Å². The molecule has 0 bridgehead atoms. The van der Waals surface area contributed by atoms with E-state index in [9.17, 15) is 0 Å².